The Hall–Kier alpha value is -2.02. The van der Waals surface area contributed by atoms with Crippen molar-refractivity contribution < 1.29 is 9.59 Å². The molecule has 4 heteroatoms. The van der Waals surface area contributed by atoms with Crippen LogP contribution in [0.5, 0.6) is 0 Å². The fourth-order valence-corrected chi connectivity index (χ4v) is 1.58. The Balaban J connectivity index is 3.69. The van der Waals surface area contributed by atoms with Crippen molar-refractivity contribution in [2.45, 2.75) is 27.2 Å². The molecule has 0 radical (unpaired) electrons. The third-order valence-electron chi connectivity index (χ3n) is 2.56. The highest BCUT2D eigenvalue weighted by atomic mass is 16.1. The second kappa shape index (κ2) is 5.17. The van der Waals surface area contributed by atoms with Crippen molar-refractivity contribution in [2.24, 2.45) is 9.98 Å². The first-order chi connectivity index (χ1) is 7.65. The van der Waals surface area contributed by atoms with Crippen molar-refractivity contribution in [3.63, 3.8) is 0 Å². The van der Waals surface area contributed by atoms with Gasteiger partial charge in [-0.25, -0.2) is 9.59 Å². The summed E-state index contributed by atoms with van der Waals surface area (Å²) in [5, 5.41) is 0. The van der Waals surface area contributed by atoms with Crippen LogP contribution in [0.2, 0.25) is 0 Å². The van der Waals surface area contributed by atoms with Gasteiger partial charge >= 0.3 is 0 Å². The maximum absolute atomic E-state index is 10.4. The predicted molar refractivity (Wildman–Crippen MR) is 60.9 cm³/mol. The summed E-state index contributed by atoms with van der Waals surface area (Å²) in [6.07, 6.45) is 3.69. The molecule has 16 heavy (non-hydrogen) atoms. The zero-order valence-electron chi connectivity index (χ0n) is 9.50. The van der Waals surface area contributed by atoms with Gasteiger partial charge in [-0.1, -0.05) is 13.0 Å². The van der Waals surface area contributed by atoms with Gasteiger partial charge < -0.3 is 0 Å². The predicted octanol–water partition coefficient (Wildman–Crippen LogP) is 2.80. The van der Waals surface area contributed by atoms with Crippen molar-refractivity contribution in [3.8, 4) is 0 Å². The lowest BCUT2D eigenvalue weighted by Gasteiger charge is -2.10. The minimum atomic E-state index is 0.412. The van der Waals surface area contributed by atoms with E-state index in [-0.39, 0.29) is 0 Å². The van der Waals surface area contributed by atoms with Crippen molar-refractivity contribution in [2.75, 3.05) is 0 Å². The molecule has 0 bridgehead atoms. The van der Waals surface area contributed by atoms with Crippen molar-refractivity contribution in [3.05, 3.63) is 22.8 Å². The number of benzene rings is 1. The topological polar surface area (TPSA) is 58.9 Å². The average molecular weight is 216 g/mol. The van der Waals surface area contributed by atoms with E-state index in [1.807, 2.05) is 26.8 Å². The Kier molecular flexibility index (Phi) is 3.90. The number of nitrogens with zero attached hydrogens (tertiary/aromatic N) is 2. The van der Waals surface area contributed by atoms with E-state index in [9.17, 15) is 9.59 Å². The molecule has 82 valence electrons. The van der Waals surface area contributed by atoms with E-state index < -0.39 is 0 Å². The summed E-state index contributed by atoms with van der Waals surface area (Å²) in [6.45, 7) is 5.70. The van der Waals surface area contributed by atoms with Crippen LogP contribution in [0.15, 0.2) is 16.1 Å². The highest BCUT2D eigenvalue weighted by Gasteiger charge is 2.12. The van der Waals surface area contributed by atoms with Gasteiger partial charge in [-0.3, -0.25) is 0 Å². The number of aliphatic imine (C=N–C) groups is 2. The minimum absolute atomic E-state index is 0.412. The summed E-state index contributed by atoms with van der Waals surface area (Å²) in [5.41, 5.74) is 3.55. The van der Waals surface area contributed by atoms with Crippen molar-refractivity contribution in [1.82, 2.24) is 0 Å². The normalized spacial score (nSPS) is 9.19. The Morgan fingerprint density at radius 1 is 1.12 bits per heavy atom. The molecular weight excluding hydrogens is 204 g/mol. The second-order valence-electron chi connectivity index (χ2n) is 3.43. The molecule has 1 aromatic carbocycles. The maximum Gasteiger partial charge on any atom is 0.240 e. The van der Waals surface area contributed by atoms with E-state index in [0.29, 0.717) is 17.8 Å². The molecule has 0 atom stereocenters. The molecule has 0 unspecified atom stereocenters. The van der Waals surface area contributed by atoms with Crippen molar-refractivity contribution in [1.29, 1.82) is 0 Å². The van der Waals surface area contributed by atoms with Crippen LogP contribution >= 0.6 is 0 Å². The SMILES string of the molecule is CCc1cc(C)c(C)c(N=C=O)c1N=C=O. The first-order valence-corrected chi connectivity index (χ1v) is 4.94. The van der Waals surface area contributed by atoms with Gasteiger partial charge in [-0.15, -0.1) is 0 Å². The lowest BCUT2D eigenvalue weighted by Crippen LogP contribution is -1.89. The summed E-state index contributed by atoms with van der Waals surface area (Å²) in [4.78, 5) is 28.0. The number of hydrogen-bond donors (Lipinski definition) is 0. The number of aryl methyl sites for hydroxylation is 2. The monoisotopic (exact) mass is 216 g/mol. The van der Waals surface area contributed by atoms with Gasteiger partial charge in [-0.05, 0) is 37.0 Å². The van der Waals surface area contributed by atoms with Gasteiger partial charge in [0.15, 0.2) is 0 Å². The summed E-state index contributed by atoms with van der Waals surface area (Å²) >= 11 is 0. The molecule has 1 aromatic rings. The van der Waals surface area contributed by atoms with E-state index in [1.165, 1.54) is 12.2 Å². The molecule has 0 aliphatic carbocycles. The van der Waals surface area contributed by atoms with E-state index in [1.54, 1.807) is 0 Å². The van der Waals surface area contributed by atoms with Gasteiger partial charge in [0.2, 0.25) is 12.2 Å². The van der Waals surface area contributed by atoms with Gasteiger partial charge in [0.1, 0.15) is 11.4 Å². The molecule has 0 saturated heterocycles. The van der Waals surface area contributed by atoms with Crippen LogP contribution in [0.1, 0.15) is 23.6 Å². The van der Waals surface area contributed by atoms with E-state index in [0.717, 1.165) is 16.7 Å². The molecule has 0 aliphatic heterocycles. The van der Waals surface area contributed by atoms with Crippen LogP contribution in [0.4, 0.5) is 11.4 Å². The molecule has 0 aliphatic rings. The smallest absolute Gasteiger partial charge is 0.211 e. The van der Waals surface area contributed by atoms with E-state index in [2.05, 4.69) is 9.98 Å². The van der Waals surface area contributed by atoms with Crippen LogP contribution in [0, 0.1) is 13.8 Å². The molecule has 0 amide bonds. The molecule has 0 spiro atoms. The van der Waals surface area contributed by atoms with Gasteiger partial charge in [0, 0.05) is 0 Å². The summed E-state index contributed by atoms with van der Waals surface area (Å²) in [6, 6.07) is 1.94. The zero-order valence-corrected chi connectivity index (χ0v) is 9.50. The number of rotatable bonds is 3. The fourth-order valence-electron chi connectivity index (χ4n) is 1.58. The second-order valence-corrected chi connectivity index (χ2v) is 3.43. The highest BCUT2D eigenvalue weighted by molar-refractivity contribution is 5.75. The van der Waals surface area contributed by atoms with Crippen LogP contribution in [0.25, 0.3) is 0 Å². The maximum atomic E-state index is 10.4. The first-order valence-electron chi connectivity index (χ1n) is 4.94. The molecule has 1 rings (SSSR count). The average Bonchev–Trinajstić information content (AvgIpc) is 2.28. The number of carbonyl (C=O) groups excluding carboxylic acids is 2. The third kappa shape index (κ3) is 2.14. The number of hydrogen-bond acceptors (Lipinski definition) is 4. The van der Waals surface area contributed by atoms with Crippen molar-refractivity contribution >= 4 is 23.5 Å². The quantitative estimate of drug-likeness (QED) is 0.576. The van der Waals surface area contributed by atoms with E-state index >= 15 is 0 Å². The summed E-state index contributed by atoms with van der Waals surface area (Å²) in [5.74, 6) is 0. The molecule has 0 fully saturated rings. The Labute approximate surface area is 93.7 Å². The first kappa shape index (κ1) is 12.1. The Bertz CT molecular complexity index is 508. The van der Waals surface area contributed by atoms with Gasteiger partial charge in [0.25, 0.3) is 0 Å². The Morgan fingerprint density at radius 2 is 1.69 bits per heavy atom. The molecular formula is C12H12N2O2. The van der Waals surface area contributed by atoms with Crippen LogP contribution in [-0.4, -0.2) is 12.2 Å². The lowest BCUT2D eigenvalue weighted by molar-refractivity contribution is 0.564. The fraction of sp³-hybridized carbons (Fsp3) is 0.333. The zero-order chi connectivity index (χ0) is 12.1. The van der Waals surface area contributed by atoms with Crippen LogP contribution in [0.3, 0.4) is 0 Å². The number of isocyanates is 2. The highest BCUT2D eigenvalue weighted by Crippen LogP contribution is 2.36. The molecule has 0 N–H and O–H groups in total. The van der Waals surface area contributed by atoms with Crippen LogP contribution in [-0.2, 0) is 16.0 Å². The minimum Gasteiger partial charge on any atom is -0.211 e. The van der Waals surface area contributed by atoms with Gasteiger partial charge in [-0.2, -0.15) is 9.98 Å². The molecule has 0 saturated carbocycles. The van der Waals surface area contributed by atoms with Crippen LogP contribution < -0.4 is 0 Å². The Morgan fingerprint density at radius 3 is 2.19 bits per heavy atom. The largest absolute Gasteiger partial charge is 0.240 e. The lowest BCUT2D eigenvalue weighted by atomic mass is 10.00. The summed E-state index contributed by atoms with van der Waals surface area (Å²) < 4.78 is 0. The standard InChI is InChI=1S/C12H12N2O2/c1-4-10-5-8(2)9(3)11(13-6-15)12(10)14-7-16/h5H,4H2,1-3H3. The molecule has 0 heterocycles. The van der Waals surface area contributed by atoms with Gasteiger partial charge in [0.05, 0.1) is 0 Å². The van der Waals surface area contributed by atoms with E-state index in [4.69, 9.17) is 0 Å². The molecule has 0 aromatic heterocycles. The molecule has 4 nitrogen and oxygen atoms in total. The summed E-state index contributed by atoms with van der Waals surface area (Å²) in [7, 11) is 0. The third-order valence-corrected chi connectivity index (χ3v) is 2.56.